The first-order chi connectivity index (χ1) is 11.9. The van der Waals surface area contributed by atoms with Crippen molar-refractivity contribution in [1.82, 2.24) is 29.3 Å². The minimum atomic E-state index is 0.323. The fourth-order valence-electron chi connectivity index (χ4n) is 3.58. The van der Waals surface area contributed by atoms with Gasteiger partial charge < -0.3 is 4.74 Å². The Morgan fingerprint density at radius 3 is 2.83 bits per heavy atom. The largest absolute Gasteiger partial charge is 0.377 e. The average molecular weight is 325 g/mol. The molecule has 0 saturated carbocycles. The molecular formula is C16H19N7O. The number of imidazole rings is 1. The third-order valence-electron chi connectivity index (χ3n) is 4.71. The Hall–Kier alpha value is -2.45. The van der Waals surface area contributed by atoms with Gasteiger partial charge in [0.15, 0.2) is 0 Å². The molecule has 1 aromatic carbocycles. The van der Waals surface area contributed by atoms with Gasteiger partial charge in [-0.15, -0.1) is 10.2 Å². The van der Waals surface area contributed by atoms with Gasteiger partial charge >= 0.3 is 0 Å². The van der Waals surface area contributed by atoms with Crippen LogP contribution in [0.4, 0.5) is 5.95 Å². The number of benzene rings is 1. The molecule has 124 valence electrons. The lowest BCUT2D eigenvalue weighted by molar-refractivity contribution is 0.0570. The third-order valence-corrected chi connectivity index (χ3v) is 4.71. The van der Waals surface area contributed by atoms with E-state index >= 15 is 0 Å². The number of hydrogen-bond donors (Lipinski definition) is 0. The molecule has 4 heterocycles. The fourth-order valence-corrected chi connectivity index (χ4v) is 3.58. The second-order valence-electron chi connectivity index (χ2n) is 6.34. The van der Waals surface area contributed by atoms with Gasteiger partial charge in [0.25, 0.3) is 0 Å². The van der Waals surface area contributed by atoms with Crippen LogP contribution in [0.1, 0.15) is 12.8 Å². The van der Waals surface area contributed by atoms with Crippen molar-refractivity contribution < 1.29 is 4.74 Å². The Kier molecular flexibility index (Phi) is 3.24. The van der Waals surface area contributed by atoms with Crippen molar-refractivity contribution in [3.8, 4) is 0 Å². The van der Waals surface area contributed by atoms with Crippen LogP contribution in [0.15, 0.2) is 36.9 Å². The molecule has 8 heteroatoms. The average Bonchev–Trinajstić information content (AvgIpc) is 3.35. The van der Waals surface area contributed by atoms with E-state index < -0.39 is 0 Å². The normalized spacial score (nSPS) is 21.5. The number of aromatic nitrogens is 5. The molecule has 24 heavy (non-hydrogen) atoms. The SMILES string of the molecule is c1ccc2c(c1)nc1n2CN(C[C@@H]2CCCO2)CN1n1cnnc1. The van der Waals surface area contributed by atoms with Crippen molar-refractivity contribution in [3.63, 3.8) is 0 Å². The van der Waals surface area contributed by atoms with Crippen LogP contribution in [0.5, 0.6) is 0 Å². The molecule has 0 aliphatic carbocycles. The maximum absolute atomic E-state index is 5.82. The van der Waals surface area contributed by atoms with Crippen LogP contribution in [0.25, 0.3) is 11.0 Å². The maximum Gasteiger partial charge on any atom is 0.228 e. The molecule has 0 N–H and O–H groups in total. The highest BCUT2D eigenvalue weighted by molar-refractivity contribution is 5.78. The van der Waals surface area contributed by atoms with E-state index in [4.69, 9.17) is 9.72 Å². The molecule has 2 aliphatic rings. The number of para-hydroxylation sites is 2. The summed E-state index contributed by atoms with van der Waals surface area (Å²) in [5, 5.41) is 9.98. The molecule has 0 amide bonds. The number of ether oxygens (including phenoxy) is 1. The molecule has 1 atom stereocenters. The molecule has 5 rings (SSSR count). The number of fused-ring (bicyclic) bond motifs is 3. The Morgan fingerprint density at radius 1 is 1.12 bits per heavy atom. The second kappa shape index (κ2) is 5.57. The number of nitrogens with zero attached hydrogens (tertiary/aromatic N) is 7. The van der Waals surface area contributed by atoms with Crippen molar-refractivity contribution in [2.75, 3.05) is 24.8 Å². The van der Waals surface area contributed by atoms with Gasteiger partial charge in [-0.1, -0.05) is 12.1 Å². The summed E-state index contributed by atoms with van der Waals surface area (Å²) < 4.78 is 9.95. The molecular weight excluding hydrogens is 306 g/mol. The summed E-state index contributed by atoms with van der Waals surface area (Å²) in [7, 11) is 0. The number of anilines is 1. The van der Waals surface area contributed by atoms with E-state index in [0.29, 0.717) is 6.10 Å². The van der Waals surface area contributed by atoms with E-state index in [1.807, 2.05) is 10.7 Å². The van der Waals surface area contributed by atoms with Gasteiger partial charge in [-0.2, -0.15) is 0 Å². The van der Waals surface area contributed by atoms with Crippen LogP contribution in [0.3, 0.4) is 0 Å². The van der Waals surface area contributed by atoms with Gasteiger partial charge in [-0.25, -0.2) is 14.7 Å². The van der Waals surface area contributed by atoms with E-state index in [1.165, 1.54) is 0 Å². The van der Waals surface area contributed by atoms with Crippen LogP contribution >= 0.6 is 0 Å². The third kappa shape index (κ3) is 2.26. The van der Waals surface area contributed by atoms with Crippen molar-refractivity contribution in [3.05, 3.63) is 36.9 Å². The molecule has 8 nitrogen and oxygen atoms in total. The predicted molar refractivity (Wildman–Crippen MR) is 88.2 cm³/mol. The van der Waals surface area contributed by atoms with Gasteiger partial charge in [0, 0.05) is 13.2 Å². The first-order valence-corrected chi connectivity index (χ1v) is 8.30. The zero-order valence-corrected chi connectivity index (χ0v) is 13.3. The molecule has 3 aromatic rings. The first kappa shape index (κ1) is 13.9. The number of hydrogen-bond acceptors (Lipinski definition) is 6. The van der Waals surface area contributed by atoms with Gasteiger partial charge in [0.2, 0.25) is 5.95 Å². The Bertz CT molecular complexity index is 837. The molecule has 1 fully saturated rings. The topological polar surface area (TPSA) is 64.2 Å². The van der Waals surface area contributed by atoms with E-state index in [1.54, 1.807) is 12.7 Å². The van der Waals surface area contributed by atoms with Crippen LogP contribution in [-0.2, 0) is 11.4 Å². The Labute approximate surface area is 139 Å². The first-order valence-electron chi connectivity index (χ1n) is 8.30. The minimum absolute atomic E-state index is 0.323. The molecule has 0 bridgehead atoms. The highest BCUT2D eigenvalue weighted by Gasteiger charge is 2.29. The van der Waals surface area contributed by atoms with E-state index in [-0.39, 0.29) is 0 Å². The van der Waals surface area contributed by atoms with Crippen molar-refractivity contribution in [2.45, 2.75) is 25.6 Å². The van der Waals surface area contributed by atoms with Crippen molar-refractivity contribution in [2.24, 2.45) is 0 Å². The monoisotopic (exact) mass is 325 g/mol. The maximum atomic E-state index is 5.82. The van der Waals surface area contributed by atoms with E-state index in [0.717, 1.165) is 56.3 Å². The summed E-state index contributed by atoms with van der Waals surface area (Å²) in [6.07, 6.45) is 6.04. The Morgan fingerprint density at radius 2 is 2.00 bits per heavy atom. The lowest BCUT2D eigenvalue weighted by Gasteiger charge is -2.37. The van der Waals surface area contributed by atoms with Crippen LogP contribution < -0.4 is 5.01 Å². The predicted octanol–water partition coefficient (Wildman–Crippen LogP) is 1.31. The van der Waals surface area contributed by atoms with Crippen molar-refractivity contribution in [1.29, 1.82) is 0 Å². The molecule has 2 aromatic heterocycles. The Balaban J connectivity index is 1.55. The van der Waals surface area contributed by atoms with Gasteiger partial charge in [0.05, 0.1) is 30.5 Å². The highest BCUT2D eigenvalue weighted by Crippen LogP contribution is 2.28. The van der Waals surface area contributed by atoms with Gasteiger partial charge in [0.1, 0.15) is 12.7 Å². The smallest absolute Gasteiger partial charge is 0.228 e. The highest BCUT2D eigenvalue weighted by atomic mass is 16.5. The van der Waals surface area contributed by atoms with Gasteiger partial charge in [-0.3, -0.25) is 9.47 Å². The summed E-state index contributed by atoms with van der Waals surface area (Å²) >= 11 is 0. The molecule has 0 unspecified atom stereocenters. The second-order valence-corrected chi connectivity index (χ2v) is 6.34. The summed E-state index contributed by atoms with van der Waals surface area (Å²) in [6, 6.07) is 8.25. The summed E-state index contributed by atoms with van der Waals surface area (Å²) in [6.45, 7) is 3.35. The minimum Gasteiger partial charge on any atom is -0.377 e. The molecule has 2 aliphatic heterocycles. The zero-order valence-electron chi connectivity index (χ0n) is 13.3. The lowest BCUT2D eigenvalue weighted by Crippen LogP contribution is -2.49. The molecule has 0 radical (unpaired) electrons. The van der Waals surface area contributed by atoms with E-state index in [9.17, 15) is 0 Å². The van der Waals surface area contributed by atoms with Crippen LogP contribution in [-0.4, -0.2) is 55.2 Å². The lowest BCUT2D eigenvalue weighted by atomic mass is 10.2. The van der Waals surface area contributed by atoms with Gasteiger partial charge in [-0.05, 0) is 25.0 Å². The molecule has 0 spiro atoms. The zero-order chi connectivity index (χ0) is 15.9. The quantitative estimate of drug-likeness (QED) is 0.723. The summed E-state index contributed by atoms with van der Waals surface area (Å²) in [5.74, 6) is 0.916. The molecule has 1 saturated heterocycles. The van der Waals surface area contributed by atoms with Crippen LogP contribution in [0, 0.1) is 0 Å². The number of rotatable bonds is 3. The van der Waals surface area contributed by atoms with E-state index in [2.05, 4.69) is 42.9 Å². The summed E-state index contributed by atoms with van der Waals surface area (Å²) in [4.78, 5) is 7.20. The standard InChI is InChI=1S/C16H19N7O/c1-2-6-15-14(5-1)19-16-22(15)11-20(8-13-4-3-7-24-13)12-23(16)21-9-17-18-10-21/h1-2,5-6,9-10,13H,3-4,7-8,11-12H2/t13-/m0/s1. The summed E-state index contributed by atoms with van der Waals surface area (Å²) in [5.41, 5.74) is 2.15. The van der Waals surface area contributed by atoms with Crippen molar-refractivity contribution >= 4 is 17.0 Å². The van der Waals surface area contributed by atoms with Crippen LogP contribution in [0.2, 0.25) is 0 Å². The fraction of sp³-hybridized carbons (Fsp3) is 0.438.